The van der Waals surface area contributed by atoms with Crippen LogP contribution < -0.4 is 11.3 Å². The lowest BCUT2D eigenvalue weighted by molar-refractivity contribution is -0.0477. The number of rotatable bonds is 2. The van der Waals surface area contributed by atoms with Crippen LogP contribution >= 0.6 is 0 Å². The molecule has 0 amide bonds. The molecular weight excluding hydrogens is 238 g/mol. The molecule has 4 bridgehead atoms. The Morgan fingerprint density at radius 2 is 1.79 bits per heavy atom. The van der Waals surface area contributed by atoms with Crippen LogP contribution in [-0.4, -0.2) is 9.97 Å². The van der Waals surface area contributed by atoms with Crippen molar-refractivity contribution in [3.8, 4) is 0 Å². The predicted octanol–water partition coefficient (Wildman–Crippen LogP) is 1.84. The molecule has 19 heavy (non-hydrogen) atoms. The number of hydrogen-bond donors (Lipinski definition) is 2. The van der Waals surface area contributed by atoms with E-state index in [4.69, 9.17) is 5.73 Å². The Labute approximate surface area is 112 Å². The van der Waals surface area contributed by atoms with Crippen molar-refractivity contribution in [3.05, 3.63) is 28.4 Å². The Hall–Kier alpha value is -1.16. The molecule has 5 rings (SSSR count). The summed E-state index contributed by atoms with van der Waals surface area (Å²) in [5.74, 6) is 4.00. The summed E-state index contributed by atoms with van der Waals surface area (Å²) in [5.41, 5.74) is 7.16. The van der Waals surface area contributed by atoms with Crippen molar-refractivity contribution in [2.75, 3.05) is 0 Å². The summed E-state index contributed by atoms with van der Waals surface area (Å²) in [4.78, 5) is 18.3. The molecule has 4 fully saturated rings. The molecule has 4 saturated carbocycles. The second-order valence-corrected chi connectivity index (χ2v) is 6.87. The first kappa shape index (κ1) is 11.6. The van der Waals surface area contributed by atoms with Crippen molar-refractivity contribution < 1.29 is 0 Å². The van der Waals surface area contributed by atoms with Crippen molar-refractivity contribution in [1.29, 1.82) is 0 Å². The number of aromatic nitrogens is 2. The number of nitrogens with one attached hydrogen (secondary N) is 1. The zero-order valence-corrected chi connectivity index (χ0v) is 11.1. The van der Waals surface area contributed by atoms with Gasteiger partial charge in [0.05, 0.1) is 18.1 Å². The van der Waals surface area contributed by atoms with Gasteiger partial charge in [-0.25, -0.2) is 4.98 Å². The summed E-state index contributed by atoms with van der Waals surface area (Å²) in [7, 11) is 0. The predicted molar refractivity (Wildman–Crippen MR) is 72.3 cm³/mol. The Morgan fingerprint density at radius 1 is 1.16 bits per heavy atom. The van der Waals surface area contributed by atoms with Crippen LogP contribution in [0.3, 0.4) is 0 Å². The molecule has 1 atom stereocenters. The quantitative estimate of drug-likeness (QED) is 0.851. The molecule has 0 aromatic carbocycles. The minimum absolute atomic E-state index is 0.0581. The summed E-state index contributed by atoms with van der Waals surface area (Å²) >= 11 is 0. The molecule has 0 spiro atoms. The van der Waals surface area contributed by atoms with Crippen molar-refractivity contribution in [1.82, 2.24) is 9.97 Å². The van der Waals surface area contributed by atoms with Crippen LogP contribution in [0.1, 0.15) is 43.8 Å². The number of aromatic amines is 1. The molecule has 102 valence electrons. The molecule has 1 aromatic rings. The first-order valence-corrected chi connectivity index (χ1v) is 7.51. The molecule has 4 nitrogen and oxygen atoms in total. The monoisotopic (exact) mass is 259 g/mol. The smallest absolute Gasteiger partial charge is 0.250 e. The van der Waals surface area contributed by atoms with Gasteiger partial charge in [0.25, 0.3) is 5.56 Å². The molecule has 1 unspecified atom stereocenters. The minimum Gasteiger partial charge on any atom is -0.322 e. The highest BCUT2D eigenvalue weighted by Crippen LogP contribution is 2.58. The lowest BCUT2D eigenvalue weighted by atomic mass is 9.50. The molecule has 4 aliphatic rings. The molecule has 0 radical (unpaired) electrons. The molecule has 4 aliphatic carbocycles. The molecule has 0 saturated heterocycles. The van der Waals surface area contributed by atoms with Crippen molar-refractivity contribution in [3.63, 3.8) is 0 Å². The SMILES string of the molecule is NC(c1cc(=O)[nH]cn1)C1C2CC3CC(C2)CC1C3. The van der Waals surface area contributed by atoms with E-state index in [1.165, 1.54) is 38.4 Å². The Kier molecular flexibility index (Phi) is 2.56. The van der Waals surface area contributed by atoms with Crippen molar-refractivity contribution in [2.45, 2.75) is 38.1 Å². The zero-order chi connectivity index (χ0) is 13.0. The largest absolute Gasteiger partial charge is 0.322 e. The molecular formula is C15H21N3O. The maximum absolute atomic E-state index is 11.4. The molecule has 4 heteroatoms. The highest BCUT2D eigenvalue weighted by Gasteiger charge is 2.50. The van der Waals surface area contributed by atoms with Crippen LogP contribution in [-0.2, 0) is 0 Å². The van der Waals surface area contributed by atoms with E-state index in [9.17, 15) is 4.79 Å². The Bertz CT molecular complexity index is 510. The number of hydrogen-bond acceptors (Lipinski definition) is 3. The van der Waals surface area contributed by atoms with E-state index < -0.39 is 0 Å². The van der Waals surface area contributed by atoms with Crippen LogP contribution in [0.15, 0.2) is 17.2 Å². The van der Waals surface area contributed by atoms with Crippen LogP contribution in [0.2, 0.25) is 0 Å². The summed E-state index contributed by atoms with van der Waals surface area (Å²) in [6.07, 6.45) is 8.36. The second-order valence-electron chi connectivity index (χ2n) is 6.87. The number of nitrogens with two attached hydrogens (primary N) is 1. The average molecular weight is 259 g/mol. The fourth-order valence-electron chi connectivity index (χ4n) is 5.32. The standard InChI is InChI=1S/C15H21N3O/c16-15(12-6-13(19)18-7-17-12)14-10-2-8-1-9(4-10)5-11(14)3-8/h6-11,14-15H,1-5,16H2,(H,17,18,19). The van der Waals surface area contributed by atoms with E-state index in [0.29, 0.717) is 5.92 Å². The lowest BCUT2D eigenvalue weighted by Gasteiger charge is -2.55. The highest BCUT2D eigenvalue weighted by atomic mass is 16.1. The summed E-state index contributed by atoms with van der Waals surface area (Å²) in [6.45, 7) is 0. The van der Waals surface area contributed by atoms with Gasteiger partial charge in [0, 0.05) is 6.07 Å². The first-order chi connectivity index (χ1) is 9.20. The third kappa shape index (κ3) is 1.84. The van der Waals surface area contributed by atoms with Crippen LogP contribution in [0.5, 0.6) is 0 Å². The van der Waals surface area contributed by atoms with Crippen LogP contribution in [0, 0.1) is 29.6 Å². The fourth-order valence-corrected chi connectivity index (χ4v) is 5.32. The molecule has 0 aliphatic heterocycles. The summed E-state index contributed by atoms with van der Waals surface area (Å²) in [6, 6.07) is 1.52. The molecule has 3 N–H and O–H groups in total. The topological polar surface area (TPSA) is 71.8 Å². The van der Waals surface area contributed by atoms with E-state index in [1.807, 2.05) is 0 Å². The van der Waals surface area contributed by atoms with Crippen molar-refractivity contribution >= 4 is 0 Å². The molecule has 1 aromatic heterocycles. The van der Waals surface area contributed by atoms with E-state index in [2.05, 4.69) is 9.97 Å². The van der Waals surface area contributed by atoms with E-state index >= 15 is 0 Å². The Balaban J connectivity index is 1.63. The number of nitrogens with zero attached hydrogens (tertiary/aromatic N) is 1. The van der Waals surface area contributed by atoms with Gasteiger partial charge in [0.1, 0.15) is 0 Å². The van der Waals surface area contributed by atoms with E-state index in [0.717, 1.165) is 29.4 Å². The number of H-pyrrole nitrogens is 1. The van der Waals surface area contributed by atoms with E-state index in [1.54, 1.807) is 6.07 Å². The summed E-state index contributed by atoms with van der Waals surface area (Å²) in [5, 5.41) is 0. The van der Waals surface area contributed by atoms with Gasteiger partial charge in [-0.1, -0.05) is 0 Å². The minimum atomic E-state index is -0.0933. The lowest BCUT2D eigenvalue weighted by Crippen LogP contribution is -2.48. The third-order valence-electron chi connectivity index (χ3n) is 5.76. The summed E-state index contributed by atoms with van der Waals surface area (Å²) < 4.78 is 0. The van der Waals surface area contributed by atoms with Crippen LogP contribution in [0.4, 0.5) is 0 Å². The van der Waals surface area contributed by atoms with Gasteiger partial charge in [-0.05, 0) is 61.7 Å². The van der Waals surface area contributed by atoms with Gasteiger partial charge in [-0.15, -0.1) is 0 Å². The first-order valence-electron chi connectivity index (χ1n) is 7.51. The zero-order valence-electron chi connectivity index (χ0n) is 11.1. The van der Waals surface area contributed by atoms with Gasteiger partial charge < -0.3 is 10.7 Å². The maximum Gasteiger partial charge on any atom is 0.250 e. The van der Waals surface area contributed by atoms with Gasteiger partial charge in [0.15, 0.2) is 0 Å². The Morgan fingerprint density at radius 3 is 2.37 bits per heavy atom. The van der Waals surface area contributed by atoms with Gasteiger partial charge in [-0.2, -0.15) is 0 Å². The van der Waals surface area contributed by atoms with Gasteiger partial charge >= 0.3 is 0 Å². The third-order valence-corrected chi connectivity index (χ3v) is 5.76. The molecule has 1 heterocycles. The normalized spacial score (nSPS) is 41.4. The van der Waals surface area contributed by atoms with Gasteiger partial charge in [0.2, 0.25) is 0 Å². The van der Waals surface area contributed by atoms with E-state index in [-0.39, 0.29) is 11.6 Å². The van der Waals surface area contributed by atoms with Crippen LogP contribution in [0.25, 0.3) is 0 Å². The van der Waals surface area contributed by atoms with Crippen molar-refractivity contribution in [2.24, 2.45) is 35.3 Å². The maximum atomic E-state index is 11.4. The van der Waals surface area contributed by atoms with Gasteiger partial charge in [-0.3, -0.25) is 4.79 Å². The average Bonchev–Trinajstić information content (AvgIpc) is 2.37. The fraction of sp³-hybridized carbons (Fsp3) is 0.733. The second kappa shape index (κ2) is 4.17. The highest BCUT2D eigenvalue weighted by molar-refractivity contribution is 5.11.